The van der Waals surface area contributed by atoms with Crippen molar-refractivity contribution in [1.29, 1.82) is 0 Å². The second-order valence-corrected chi connectivity index (χ2v) is 10.8. The van der Waals surface area contributed by atoms with Crippen molar-refractivity contribution in [2.45, 2.75) is 67.7 Å². The van der Waals surface area contributed by atoms with E-state index in [2.05, 4.69) is 25.9 Å². The molecule has 166 valence electrons. The first-order valence-electron chi connectivity index (χ1n) is 10.5. The molecule has 0 bridgehead atoms. The molecule has 0 saturated heterocycles. The molecule has 0 aliphatic heterocycles. The minimum Gasteiger partial charge on any atom is -0.354 e. The Morgan fingerprint density at radius 2 is 1.74 bits per heavy atom. The molecule has 2 saturated carbocycles. The topological polar surface area (TPSA) is 113 Å². The molecule has 8 nitrogen and oxygen atoms in total. The zero-order valence-corrected chi connectivity index (χ0v) is 18.8. The molecule has 0 radical (unpaired) electrons. The number of halogens is 1. The van der Waals surface area contributed by atoms with Crippen molar-refractivity contribution in [3.05, 3.63) is 35.5 Å². The molecule has 0 atom stereocenters. The average molecular weight is 464 g/mol. The Labute approximate surface area is 187 Å². The van der Waals surface area contributed by atoms with Crippen LogP contribution in [0, 0.1) is 0 Å². The molecule has 2 aliphatic rings. The van der Waals surface area contributed by atoms with Gasteiger partial charge in [0.1, 0.15) is 5.02 Å². The Balaban J connectivity index is 1.47. The van der Waals surface area contributed by atoms with Gasteiger partial charge in [0.2, 0.25) is 11.9 Å². The number of benzene rings is 1. The molecule has 31 heavy (non-hydrogen) atoms. The van der Waals surface area contributed by atoms with Gasteiger partial charge in [-0.25, -0.2) is 13.4 Å². The van der Waals surface area contributed by atoms with E-state index in [0.29, 0.717) is 35.3 Å². The van der Waals surface area contributed by atoms with Crippen LogP contribution in [-0.4, -0.2) is 41.6 Å². The lowest BCUT2D eigenvalue weighted by Gasteiger charge is -2.29. The van der Waals surface area contributed by atoms with E-state index in [1.54, 1.807) is 24.3 Å². The van der Waals surface area contributed by atoms with Crippen LogP contribution in [0.25, 0.3) is 0 Å². The molecule has 1 aromatic heterocycles. The molecule has 0 unspecified atom stereocenters. The van der Waals surface area contributed by atoms with E-state index in [1.807, 2.05) is 0 Å². The highest BCUT2D eigenvalue weighted by molar-refractivity contribution is 7.92. The van der Waals surface area contributed by atoms with Crippen molar-refractivity contribution in [3.63, 3.8) is 0 Å². The third-order valence-electron chi connectivity index (χ3n) is 5.62. The van der Waals surface area contributed by atoms with E-state index in [1.165, 1.54) is 13.1 Å². The second-order valence-electron chi connectivity index (χ2n) is 8.15. The smallest absolute Gasteiger partial charge is 0.224 e. The summed E-state index contributed by atoms with van der Waals surface area (Å²) in [5, 5.41) is 9.38. The highest BCUT2D eigenvalue weighted by Crippen LogP contribution is 2.37. The number of anilines is 3. The van der Waals surface area contributed by atoms with Crippen LogP contribution in [0.15, 0.2) is 35.4 Å². The summed E-state index contributed by atoms with van der Waals surface area (Å²) in [6.45, 7) is 1.54. The first-order chi connectivity index (χ1) is 14.8. The number of hydrogen-bond acceptors (Lipinski definition) is 7. The van der Waals surface area contributed by atoms with Gasteiger partial charge in [-0.3, -0.25) is 4.79 Å². The Morgan fingerprint density at radius 3 is 2.42 bits per heavy atom. The summed E-state index contributed by atoms with van der Waals surface area (Å²) in [4.78, 5) is 20.2. The van der Waals surface area contributed by atoms with E-state index >= 15 is 0 Å². The number of para-hydroxylation sites is 1. The van der Waals surface area contributed by atoms with Gasteiger partial charge >= 0.3 is 0 Å². The molecule has 3 N–H and O–H groups in total. The summed E-state index contributed by atoms with van der Waals surface area (Å²) in [6.07, 6.45) is 6.46. The number of sulfone groups is 1. The highest BCUT2D eigenvalue weighted by atomic mass is 35.5. The van der Waals surface area contributed by atoms with Gasteiger partial charge in [-0.2, -0.15) is 4.98 Å². The fourth-order valence-corrected chi connectivity index (χ4v) is 5.83. The standard InChI is InChI=1S/C21H26ClN5O3S/c1-13(28)24-14-6-8-15(9-7-14)25-21-23-12-17(22)20(27-21)26-18-4-2-3-5-19(18)31(29,30)16-10-11-16/h2-5,12,14-16H,6-11H2,1H3,(H,24,28)(H2,23,25,26,27). The van der Waals surface area contributed by atoms with Crippen molar-refractivity contribution in [1.82, 2.24) is 15.3 Å². The summed E-state index contributed by atoms with van der Waals surface area (Å²) >= 11 is 6.29. The Kier molecular flexibility index (Phi) is 6.34. The Bertz CT molecular complexity index is 1070. The lowest BCUT2D eigenvalue weighted by molar-refractivity contribution is -0.119. The minimum atomic E-state index is -3.37. The van der Waals surface area contributed by atoms with Gasteiger partial charge in [0.25, 0.3) is 0 Å². The molecule has 2 aromatic rings. The summed E-state index contributed by atoms with van der Waals surface area (Å²) in [6, 6.07) is 7.22. The first kappa shape index (κ1) is 21.8. The molecule has 4 rings (SSSR count). The summed E-state index contributed by atoms with van der Waals surface area (Å²) < 4.78 is 25.5. The molecule has 1 heterocycles. The van der Waals surface area contributed by atoms with Gasteiger partial charge in [-0.15, -0.1) is 0 Å². The van der Waals surface area contributed by atoms with Crippen LogP contribution in [0.3, 0.4) is 0 Å². The zero-order chi connectivity index (χ0) is 22.0. The maximum absolute atomic E-state index is 12.8. The number of carbonyl (C=O) groups is 1. The largest absolute Gasteiger partial charge is 0.354 e. The van der Waals surface area contributed by atoms with Crippen molar-refractivity contribution in [2.75, 3.05) is 10.6 Å². The summed E-state index contributed by atoms with van der Waals surface area (Å²) in [5.41, 5.74) is 0.455. The van der Waals surface area contributed by atoms with Gasteiger partial charge in [-0.05, 0) is 50.7 Å². The fraction of sp³-hybridized carbons (Fsp3) is 0.476. The molecule has 10 heteroatoms. The lowest BCUT2D eigenvalue weighted by atomic mass is 9.91. The molecule has 0 spiro atoms. The normalized spacial score (nSPS) is 21.4. The third-order valence-corrected chi connectivity index (χ3v) is 8.22. The van der Waals surface area contributed by atoms with Gasteiger partial charge in [-0.1, -0.05) is 23.7 Å². The fourth-order valence-electron chi connectivity index (χ4n) is 3.88. The second kappa shape index (κ2) is 9.00. The van der Waals surface area contributed by atoms with Crippen LogP contribution in [-0.2, 0) is 14.6 Å². The van der Waals surface area contributed by atoms with Crippen molar-refractivity contribution in [3.8, 4) is 0 Å². The minimum absolute atomic E-state index is 0.00265. The van der Waals surface area contributed by atoms with Crippen LogP contribution in [0.4, 0.5) is 17.5 Å². The SMILES string of the molecule is CC(=O)NC1CCC(Nc2ncc(Cl)c(Nc3ccccc3S(=O)(=O)C3CC3)n2)CC1. The van der Waals surface area contributed by atoms with E-state index in [4.69, 9.17) is 11.6 Å². The van der Waals surface area contributed by atoms with Crippen molar-refractivity contribution < 1.29 is 13.2 Å². The van der Waals surface area contributed by atoms with E-state index < -0.39 is 9.84 Å². The predicted molar refractivity (Wildman–Crippen MR) is 120 cm³/mol. The van der Waals surface area contributed by atoms with Crippen LogP contribution in [0.5, 0.6) is 0 Å². The van der Waals surface area contributed by atoms with Gasteiger partial charge in [0.05, 0.1) is 22.0 Å². The summed E-state index contributed by atoms with van der Waals surface area (Å²) in [5.74, 6) is 0.777. The number of carbonyl (C=O) groups excluding carboxylic acids is 1. The van der Waals surface area contributed by atoms with Crippen molar-refractivity contribution >= 4 is 44.8 Å². The van der Waals surface area contributed by atoms with Crippen molar-refractivity contribution in [2.24, 2.45) is 0 Å². The molecular formula is C21H26ClN5O3S. The Morgan fingerprint density at radius 1 is 1.06 bits per heavy atom. The number of nitrogens with one attached hydrogen (secondary N) is 3. The van der Waals surface area contributed by atoms with Crippen LogP contribution >= 0.6 is 11.6 Å². The quantitative estimate of drug-likeness (QED) is 0.574. The van der Waals surface area contributed by atoms with E-state index in [9.17, 15) is 13.2 Å². The molecule has 2 fully saturated rings. The van der Waals surface area contributed by atoms with Crippen LogP contribution < -0.4 is 16.0 Å². The van der Waals surface area contributed by atoms with Crippen LogP contribution in [0.2, 0.25) is 5.02 Å². The number of hydrogen-bond donors (Lipinski definition) is 3. The summed E-state index contributed by atoms with van der Waals surface area (Å²) in [7, 11) is -3.37. The predicted octanol–water partition coefficient (Wildman–Crippen LogP) is 3.67. The van der Waals surface area contributed by atoms with Gasteiger partial charge in [0, 0.05) is 19.0 Å². The maximum atomic E-state index is 12.8. The zero-order valence-electron chi connectivity index (χ0n) is 17.3. The number of aromatic nitrogens is 2. The van der Waals surface area contributed by atoms with Gasteiger partial charge in [0.15, 0.2) is 15.7 Å². The Hall–Kier alpha value is -2.39. The number of rotatable bonds is 7. The first-order valence-corrected chi connectivity index (χ1v) is 12.4. The number of nitrogens with zero attached hydrogens (tertiary/aromatic N) is 2. The van der Waals surface area contributed by atoms with E-state index in [-0.39, 0.29) is 28.1 Å². The molecule has 1 aromatic carbocycles. The third kappa shape index (κ3) is 5.27. The number of amides is 1. The molecular weight excluding hydrogens is 438 g/mol. The maximum Gasteiger partial charge on any atom is 0.224 e. The molecule has 2 aliphatic carbocycles. The van der Waals surface area contributed by atoms with Gasteiger partial charge < -0.3 is 16.0 Å². The van der Waals surface area contributed by atoms with E-state index in [0.717, 1.165) is 25.7 Å². The average Bonchev–Trinajstić information content (AvgIpc) is 3.58. The lowest BCUT2D eigenvalue weighted by Crippen LogP contribution is -2.39. The highest BCUT2D eigenvalue weighted by Gasteiger charge is 2.38. The monoisotopic (exact) mass is 463 g/mol. The molecule has 1 amide bonds. The van der Waals surface area contributed by atoms with Crippen LogP contribution in [0.1, 0.15) is 45.4 Å².